The van der Waals surface area contributed by atoms with Crippen molar-refractivity contribution in [3.63, 3.8) is 0 Å². The smallest absolute Gasteiger partial charge is 0.284 e. The molecule has 19 heavy (non-hydrogen) atoms. The maximum absolute atomic E-state index is 11.3. The third-order valence-corrected chi connectivity index (χ3v) is 3.88. The molecule has 0 amide bonds. The third kappa shape index (κ3) is 1.32. The first kappa shape index (κ1) is 10.5. The Balaban J connectivity index is 2.22. The Morgan fingerprint density at radius 1 is 1.42 bits per heavy atom. The molecular formula is C14H12N3O2+. The zero-order chi connectivity index (χ0) is 13.0. The van der Waals surface area contributed by atoms with Crippen LogP contribution in [0.4, 0.5) is 11.4 Å². The highest BCUT2D eigenvalue weighted by molar-refractivity contribution is 6.00. The highest BCUT2D eigenvalue weighted by Crippen LogP contribution is 2.38. The van der Waals surface area contributed by atoms with Crippen molar-refractivity contribution in [1.82, 2.24) is 0 Å². The zero-order valence-electron chi connectivity index (χ0n) is 10.2. The Morgan fingerprint density at radius 3 is 3.16 bits per heavy atom. The molecule has 0 aliphatic carbocycles. The predicted molar refractivity (Wildman–Crippen MR) is 72.0 cm³/mol. The fourth-order valence-electron chi connectivity index (χ4n) is 3.08. The number of anilines is 1. The molecule has 94 valence electrons. The highest BCUT2D eigenvalue weighted by Gasteiger charge is 2.32. The van der Waals surface area contributed by atoms with E-state index in [1.807, 2.05) is 24.4 Å². The van der Waals surface area contributed by atoms with Gasteiger partial charge in [0, 0.05) is 24.2 Å². The summed E-state index contributed by atoms with van der Waals surface area (Å²) in [7, 11) is 0. The van der Waals surface area contributed by atoms with Gasteiger partial charge in [-0.05, 0) is 6.07 Å². The largest absolute Gasteiger partial charge is 0.356 e. The summed E-state index contributed by atoms with van der Waals surface area (Å²) in [6.45, 7) is 2.71. The van der Waals surface area contributed by atoms with E-state index < -0.39 is 0 Å². The average Bonchev–Trinajstić information content (AvgIpc) is 2.44. The van der Waals surface area contributed by atoms with Crippen LogP contribution in [-0.4, -0.2) is 18.0 Å². The minimum Gasteiger partial charge on any atom is -0.356 e. The molecule has 1 aromatic carbocycles. The van der Waals surface area contributed by atoms with Crippen LogP contribution >= 0.6 is 0 Å². The first-order valence-corrected chi connectivity index (χ1v) is 6.31. The summed E-state index contributed by atoms with van der Waals surface area (Å²) in [6.07, 6.45) is 6.05. The summed E-state index contributed by atoms with van der Waals surface area (Å²) < 4.78 is 2.12. The van der Waals surface area contributed by atoms with E-state index in [0.717, 1.165) is 41.8 Å². The van der Waals surface area contributed by atoms with Crippen LogP contribution in [0, 0.1) is 10.1 Å². The van der Waals surface area contributed by atoms with Crippen LogP contribution in [0.2, 0.25) is 0 Å². The van der Waals surface area contributed by atoms with Gasteiger partial charge in [-0.15, -0.1) is 0 Å². The second-order valence-electron chi connectivity index (χ2n) is 4.90. The number of hydrogen-bond acceptors (Lipinski definition) is 3. The number of pyridine rings is 1. The van der Waals surface area contributed by atoms with Gasteiger partial charge in [0.15, 0.2) is 12.7 Å². The molecule has 2 aliphatic rings. The molecule has 0 N–H and O–H groups in total. The van der Waals surface area contributed by atoms with Gasteiger partial charge in [-0.3, -0.25) is 10.1 Å². The van der Waals surface area contributed by atoms with Gasteiger partial charge in [-0.1, -0.05) is 12.2 Å². The lowest BCUT2D eigenvalue weighted by molar-refractivity contribution is -0.670. The van der Waals surface area contributed by atoms with E-state index in [2.05, 4.69) is 15.5 Å². The molecule has 0 saturated heterocycles. The van der Waals surface area contributed by atoms with E-state index in [0.29, 0.717) is 0 Å². The summed E-state index contributed by atoms with van der Waals surface area (Å²) in [6, 6.07) is 5.41. The first-order chi connectivity index (χ1) is 9.25. The summed E-state index contributed by atoms with van der Waals surface area (Å²) in [5.74, 6) is 0. The second kappa shape index (κ2) is 3.54. The van der Waals surface area contributed by atoms with Crippen molar-refractivity contribution < 1.29 is 9.49 Å². The number of non-ortho nitro benzene ring substituents is 1. The molecule has 3 heterocycles. The van der Waals surface area contributed by atoms with Gasteiger partial charge >= 0.3 is 0 Å². The van der Waals surface area contributed by atoms with Crippen molar-refractivity contribution >= 4 is 28.4 Å². The van der Waals surface area contributed by atoms with Crippen LogP contribution in [0.3, 0.4) is 0 Å². The van der Waals surface area contributed by atoms with Crippen molar-refractivity contribution in [3.05, 3.63) is 46.1 Å². The number of nitro benzene ring substituents is 1. The van der Waals surface area contributed by atoms with Gasteiger partial charge in [0.25, 0.3) is 5.69 Å². The molecule has 1 aromatic heterocycles. The van der Waals surface area contributed by atoms with E-state index in [1.54, 1.807) is 6.07 Å². The van der Waals surface area contributed by atoms with E-state index in [-0.39, 0.29) is 10.6 Å². The van der Waals surface area contributed by atoms with Gasteiger partial charge in [0.1, 0.15) is 11.1 Å². The molecule has 0 spiro atoms. The topological polar surface area (TPSA) is 50.3 Å². The maximum Gasteiger partial charge on any atom is 0.284 e. The van der Waals surface area contributed by atoms with Crippen LogP contribution in [0.1, 0.15) is 5.56 Å². The number of aromatic nitrogens is 1. The molecular weight excluding hydrogens is 242 g/mol. The van der Waals surface area contributed by atoms with Crippen LogP contribution in [0.5, 0.6) is 0 Å². The van der Waals surface area contributed by atoms with Crippen LogP contribution < -0.4 is 9.47 Å². The van der Waals surface area contributed by atoms with Crippen molar-refractivity contribution in [2.45, 2.75) is 6.54 Å². The van der Waals surface area contributed by atoms with E-state index in [4.69, 9.17) is 0 Å². The minimum atomic E-state index is -0.290. The molecule has 0 unspecified atom stereocenters. The highest BCUT2D eigenvalue weighted by atomic mass is 16.6. The van der Waals surface area contributed by atoms with Gasteiger partial charge < -0.3 is 4.90 Å². The quantitative estimate of drug-likeness (QED) is 0.443. The lowest BCUT2D eigenvalue weighted by Crippen LogP contribution is -2.47. The molecule has 5 nitrogen and oxygen atoms in total. The Bertz CT molecular complexity index is 752. The minimum absolute atomic E-state index is 0.191. The van der Waals surface area contributed by atoms with Gasteiger partial charge in [-0.25, -0.2) is 0 Å². The van der Waals surface area contributed by atoms with Crippen LogP contribution in [0.15, 0.2) is 30.5 Å². The maximum atomic E-state index is 11.3. The SMILES string of the molecule is O=[N+]([O-])c1cc2c3c4c1ccc[n+]4CCN3CC=C2. The number of rotatable bonds is 1. The molecule has 2 aliphatic heterocycles. The van der Waals surface area contributed by atoms with Crippen molar-refractivity contribution in [2.24, 2.45) is 0 Å². The molecule has 5 heteroatoms. The van der Waals surface area contributed by atoms with Crippen LogP contribution in [0.25, 0.3) is 17.0 Å². The van der Waals surface area contributed by atoms with Crippen molar-refractivity contribution in [2.75, 3.05) is 18.0 Å². The summed E-state index contributed by atoms with van der Waals surface area (Å²) in [4.78, 5) is 13.3. The molecule has 0 saturated carbocycles. The fraction of sp³-hybridized carbons (Fsp3) is 0.214. The first-order valence-electron chi connectivity index (χ1n) is 6.31. The second-order valence-corrected chi connectivity index (χ2v) is 4.90. The molecule has 0 radical (unpaired) electrons. The third-order valence-electron chi connectivity index (χ3n) is 3.88. The summed E-state index contributed by atoms with van der Waals surface area (Å²) in [5, 5.41) is 12.0. The van der Waals surface area contributed by atoms with Crippen molar-refractivity contribution in [1.29, 1.82) is 0 Å². The lowest BCUT2D eigenvalue weighted by Gasteiger charge is -2.30. The Kier molecular flexibility index (Phi) is 1.95. The number of hydrogen-bond donors (Lipinski definition) is 0. The monoisotopic (exact) mass is 254 g/mol. The fourth-order valence-corrected chi connectivity index (χ4v) is 3.08. The predicted octanol–water partition coefficient (Wildman–Crippen LogP) is 1.88. The van der Waals surface area contributed by atoms with E-state index >= 15 is 0 Å². The van der Waals surface area contributed by atoms with Gasteiger partial charge in [-0.2, -0.15) is 4.57 Å². The van der Waals surface area contributed by atoms with E-state index in [9.17, 15) is 10.1 Å². The number of nitro groups is 1. The Morgan fingerprint density at radius 2 is 2.32 bits per heavy atom. The summed E-state index contributed by atoms with van der Waals surface area (Å²) in [5.41, 5.74) is 3.26. The van der Waals surface area contributed by atoms with Gasteiger partial charge in [0.05, 0.1) is 11.5 Å². The Hall–Kier alpha value is -2.43. The molecule has 2 aromatic rings. The molecule has 0 atom stereocenters. The molecule has 0 fully saturated rings. The Labute approximate surface area is 109 Å². The van der Waals surface area contributed by atoms with Crippen molar-refractivity contribution in [3.8, 4) is 0 Å². The zero-order valence-corrected chi connectivity index (χ0v) is 10.2. The van der Waals surface area contributed by atoms with Gasteiger partial charge in [0.2, 0.25) is 5.52 Å². The van der Waals surface area contributed by atoms with Crippen LogP contribution in [-0.2, 0) is 6.54 Å². The molecule has 0 bridgehead atoms. The normalized spacial score (nSPS) is 15.9. The number of nitrogens with zero attached hydrogens (tertiary/aromatic N) is 3. The number of benzene rings is 1. The lowest BCUT2D eigenvalue weighted by atomic mass is 10.00. The van der Waals surface area contributed by atoms with E-state index in [1.165, 1.54) is 0 Å². The molecule has 4 rings (SSSR count). The standard InChI is InChI=1S/C14H12N3O2/c18-17(19)12-9-10-3-1-5-15-7-8-16-6-2-4-11(12)14(16)13(10)15/h1-4,6,9H,5,7-8H2/q+1. The summed E-state index contributed by atoms with van der Waals surface area (Å²) >= 11 is 0. The average molecular weight is 254 g/mol.